The van der Waals surface area contributed by atoms with E-state index in [2.05, 4.69) is 10.6 Å². The molecule has 8 nitrogen and oxygen atoms in total. The van der Waals surface area contributed by atoms with Crippen molar-refractivity contribution in [1.29, 1.82) is 0 Å². The molecule has 2 amide bonds. The Balaban J connectivity index is 2.76. The SMILES string of the molecule is CC(C)C[C@H](NC(=O)CO)C(=O)Nc1ccc([N+](=O)[O-])cc1. The Hall–Kier alpha value is -2.48. The van der Waals surface area contributed by atoms with Crippen molar-refractivity contribution in [2.45, 2.75) is 26.3 Å². The number of rotatable bonds is 7. The molecule has 0 aliphatic carbocycles. The fraction of sp³-hybridized carbons (Fsp3) is 0.429. The van der Waals surface area contributed by atoms with Crippen molar-refractivity contribution in [1.82, 2.24) is 5.32 Å². The van der Waals surface area contributed by atoms with Gasteiger partial charge in [0.2, 0.25) is 11.8 Å². The van der Waals surface area contributed by atoms with Gasteiger partial charge in [0.25, 0.3) is 5.69 Å². The smallest absolute Gasteiger partial charge is 0.269 e. The van der Waals surface area contributed by atoms with Gasteiger partial charge in [-0.3, -0.25) is 19.7 Å². The summed E-state index contributed by atoms with van der Waals surface area (Å²) >= 11 is 0. The summed E-state index contributed by atoms with van der Waals surface area (Å²) in [5.41, 5.74) is 0.313. The maximum atomic E-state index is 12.2. The van der Waals surface area contributed by atoms with Gasteiger partial charge in [0.1, 0.15) is 12.6 Å². The molecule has 1 aromatic rings. The van der Waals surface area contributed by atoms with Crippen LogP contribution >= 0.6 is 0 Å². The summed E-state index contributed by atoms with van der Waals surface area (Å²) in [6, 6.07) is 4.60. The Morgan fingerprint density at radius 3 is 2.32 bits per heavy atom. The van der Waals surface area contributed by atoms with E-state index in [0.29, 0.717) is 12.1 Å². The van der Waals surface area contributed by atoms with Crippen LogP contribution < -0.4 is 10.6 Å². The number of carbonyl (C=O) groups excluding carboxylic acids is 2. The van der Waals surface area contributed by atoms with E-state index in [-0.39, 0.29) is 11.6 Å². The second kappa shape index (κ2) is 8.08. The standard InChI is InChI=1S/C14H19N3O5/c1-9(2)7-12(16-13(19)8-18)14(20)15-10-3-5-11(6-4-10)17(21)22/h3-6,9,12,18H,7-8H2,1-2H3,(H,15,20)(H,16,19)/t12-/m0/s1. The molecule has 0 aromatic heterocycles. The average molecular weight is 309 g/mol. The molecule has 1 aromatic carbocycles. The van der Waals surface area contributed by atoms with Gasteiger partial charge in [0.15, 0.2) is 0 Å². The van der Waals surface area contributed by atoms with Gasteiger partial charge >= 0.3 is 0 Å². The molecule has 0 heterocycles. The number of non-ortho nitro benzene ring substituents is 1. The lowest BCUT2D eigenvalue weighted by atomic mass is 10.0. The number of nitrogens with zero attached hydrogens (tertiary/aromatic N) is 1. The van der Waals surface area contributed by atoms with Crippen LogP contribution in [0.5, 0.6) is 0 Å². The Bertz CT molecular complexity index is 542. The Morgan fingerprint density at radius 1 is 1.27 bits per heavy atom. The molecule has 22 heavy (non-hydrogen) atoms. The Morgan fingerprint density at radius 2 is 1.86 bits per heavy atom. The topological polar surface area (TPSA) is 122 Å². The average Bonchev–Trinajstić information content (AvgIpc) is 2.46. The van der Waals surface area contributed by atoms with E-state index >= 15 is 0 Å². The highest BCUT2D eigenvalue weighted by Crippen LogP contribution is 2.16. The molecule has 0 radical (unpaired) electrons. The lowest BCUT2D eigenvalue weighted by molar-refractivity contribution is -0.384. The lowest BCUT2D eigenvalue weighted by Crippen LogP contribution is -2.45. The Labute approximate surface area is 127 Å². The van der Waals surface area contributed by atoms with Crippen LogP contribution in [0.2, 0.25) is 0 Å². The van der Waals surface area contributed by atoms with Gasteiger partial charge in [0, 0.05) is 17.8 Å². The molecular formula is C14H19N3O5. The molecule has 0 bridgehead atoms. The predicted octanol–water partition coefficient (Wildman–Crippen LogP) is 1.06. The van der Waals surface area contributed by atoms with Crippen molar-refractivity contribution in [2.75, 3.05) is 11.9 Å². The highest BCUT2D eigenvalue weighted by Gasteiger charge is 2.21. The second-order valence-corrected chi connectivity index (χ2v) is 5.20. The second-order valence-electron chi connectivity index (χ2n) is 5.20. The van der Waals surface area contributed by atoms with Crippen LogP contribution in [-0.2, 0) is 9.59 Å². The molecule has 1 rings (SSSR count). The number of anilines is 1. The first-order chi connectivity index (χ1) is 10.3. The maximum Gasteiger partial charge on any atom is 0.269 e. The molecular weight excluding hydrogens is 290 g/mol. The summed E-state index contributed by atoms with van der Waals surface area (Å²) in [5.74, 6) is -0.916. The number of nitro benzene ring substituents is 1. The van der Waals surface area contributed by atoms with Gasteiger partial charge in [-0.1, -0.05) is 13.8 Å². The van der Waals surface area contributed by atoms with Crippen LogP contribution in [0.25, 0.3) is 0 Å². The number of benzene rings is 1. The molecule has 0 unspecified atom stereocenters. The maximum absolute atomic E-state index is 12.2. The fourth-order valence-electron chi connectivity index (χ4n) is 1.84. The minimum atomic E-state index is -0.783. The highest BCUT2D eigenvalue weighted by molar-refractivity contribution is 5.97. The number of amides is 2. The van der Waals surface area contributed by atoms with Crippen LogP contribution in [0, 0.1) is 16.0 Å². The molecule has 0 aliphatic heterocycles. The van der Waals surface area contributed by atoms with E-state index in [4.69, 9.17) is 5.11 Å². The zero-order valence-corrected chi connectivity index (χ0v) is 12.4. The van der Waals surface area contributed by atoms with Crippen molar-refractivity contribution in [3.8, 4) is 0 Å². The summed E-state index contributed by atoms with van der Waals surface area (Å²) in [5, 5.41) is 24.4. The number of aliphatic hydroxyl groups is 1. The molecule has 120 valence electrons. The summed E-state index contributed by atoms with van der Waals surface area (Å²) in [6.45, 7) is 3.11. The van der Waals surface area contributed by atoms with E-state index in [1.54, 1.807) is 0 Å². The first kappa shape index (κ1) is 17.6. The lowest BCUT2D eigenvalue weighted by Gasteiger charge is -2.19. The summed E-state index contributed by atoms with van der Waals surface area (Å²) in [7, 11) is 0. The van der Waals surface area contributed by atoms with Gasteiger partial charge in [0.05, 0.1) is 4.92 Å². The largest absolute Gasteiger partial charge is 0.387 e. The summed E-state index contributed by atoms with van der Waals surface area (Å²) in [6.07, 6.45) is 0.407. The molecule has 0 saturated heterocycles. The van der Waals surface area contributed by atoms with E-state index in [9.17, 15) is 19.7 Å². The molecule has 1 atom stereocenters. The first-order valence-corrected chi connectivity index (χ1v) is 6.79. The quantitative estimate of drug-likeness (QED) is 0.513. The van der Waals surface area contributed by atoms with Gasteiger partial charge in [-0.05, 0) is 24.5 Å². The molecule has 0 aliphatic rings. The zero-order chi connectivity index (χ0) is 16.7. The van der Waals surface area contributed by atoms with Crippen molar-refractivity contribution < 1.29 is 19.6 Å². The minimum absolute atomic E-state index is 0.0784. The van der Waals surface area contributed by atoms with Gasteiger partial charge in [-0.25, -0.2) is 0 Å². The highest BCUT2D eigenvalue weighted by atomic mass is 16.6. The number of nitro groups is 1. The number of carbonyl (C=O) groups is 2. The summed E-state index contributed by atoms with van der Waals surface area (Å²) in [4.78, 5) is 33.5. The molecule has 8 heteroatoms. The summed E-state index contributed by atoms with van der Waals surface area (Å²) < 4.78 is 0. The van der Waals surface area contributed by atoms with E-state index in [0.717, 1.165) is 0 Å². The Kier molecular flexibility index (Phi) is 6.46. The predicted molar refractivity (Wildman–Crippen MR) is 80.2 cm³/mol. The number of hydrogen-bond donors (Lipinski definition) is 3. The van der Waals surface area contributed by atoms with Crippen LogP contribution in [0.3, 0.4) is 0 Å². The molecule has 0 saturated carbocycles. The van der Waals surface area contributed by atoms with E-state index in [1.807, 2.05) is 13.8 Å². The van der Waals surface area contributed by atoms with Crippen molar-refractivity contribution in [3.05, 3.63) is 34.4 Å². The van der Waals surface area contributed by atoms with Crippen molar-refractivity contribution in [3.63, 3.8) is 0 Å². The first-order valence-electron chi connectivity index (χ1n) is 6.79. The van der Waals surface area contributed by atoms with Crippen LogP contribution in [0.4, 0.5) is 11.4 Å². The van der Waals surface area contributed by atoms with Crippen LogP contribution in [0.15, 0.2) is 24.3 Å². The van der Waals surface area contributed by atoms with Crippen LogP contribution in [0.1, 0.15) is 20.3 Å². The van der Waals surface area contributed by atoms with Crippen molar-refractivity contribution >= 4 is 23.2 Å². The van der Waals surface area contributed by atoms with Gasteiger partial charge < -0.3 is 15.7 Å². The van der Waals surface area contributed by atoms with Crippen LogP contribution in [-0.4, -0.2) is 34.5 Å². The molecule has 0 spiro atoms. The van der Waals surface area contributed by atoms with Gasteiger partial charge in [-0.2, -0.15) is 0 Å². The minimum Gasteiger partial charge on any atom is -0.387 e. The third-order valence-electron chi connectivity index (χ3n) is 2.85. The molecule has 3 N–H and O–H groups in total. The monoisotopic (exact) mass is 309 g/mol. The third kappa shape index (κ3) is 5.49. The van der Waals surface area contributed by atoms with Crippen molar-refractivity contribution in [2.24, 2.45) is 5.92 Å². The van der Waals surface area contributed by atoms with Gasteiger partial charge in [-0.15, -0.1) is 0 Å². The fourth-order valence-corrected chi connectivity index (χ4v) is 1.84. The number of nitrogens with one attached hydrogen (secondary N) is 2. The molecule has 0 fully saturated rings. The zero-order valence-electron chi connectivity index (χ0n) is 12.4. The normalized spacial score (nSPS) is 11.8. The van der Waals surface area contributed by atoms with E-state index < -0.39 is 29.4 Å². The van der Waals surface area contributed by atoms with E-state index in [1.165, 1.54) is 24.3 Å². The number of hydrogen-bond acceptors (Lipinski definition) is 5. The number of aliphatic hydroxyl groups excluding tert-OH is 1. The third-order valence-corrected chi connectivity index (χ3v) is 2.85.